The summed E-state index contributed by atoms with van der Waals surface area (Å²) in [6.45, 7) is 0. The van der Waals surface area contributed by atoms with Crippen molar-refractivity contribution in [2.75, 3.05) is 5.33 Å². The van der Waals surface area contributed by atoms with Gasteiger partial charge in [0.15, 0.2) is 5.69 Å². The summed E-state index contributed by atoms with van der Waals surface area (Å²) >= 11 is 3.29. The molecule has 82 valence electrons. The summed E-state index contributed by atoms with van der Waals surface area (Å²) in [5.41, 5.74) is 1.74. The van der Waals surface area contributed by atoms with Gasteiger partial charge in [-0.05, 0) is 17.7 Å². The highest BCUT2D eigenvalue weighted by atomic mass is 79.9. The highest BCUT2D eigenvalue weighted by Crippen LogP contribution is 2.18. The van der Waals surface area contributed by atoms with Gasteiger partial charge < -0.3 is 5.11 Å². The first kappa shape index (κ1) is 10.9. The largest absolute Gasteiger partial charge is 0.476 e. The van der Waals surface area contributed by atoms with E-state index in [-0.39, 0.29) is 5.69 Å². The lowest BCUT2D eigenvalue weighted by molar-refractivity contribution is 0.0692. The van der Waals surface area contributed by atoms with E-state index >= 15 is 0 Å². The van der Waals surface area contributed by atoms with Gasteiger partial charge in [-0.15, -0.1) is 0 Å². The number of alkyl halides is 1. The van der Waals surface area contributed by atoms with E-state index in [2.05, 4.69) is 26.1 Å². The third-order valence-electron chi connectivity index (χ3n) is 2.19. The molecule has 0 fully saturated rings. The van der Waals surface area contributed by atoms with Crippen molar-refractivity contribution in [1.29, 1.82) is 0 Å². The molecule has 0 atom stereocenters. The molecule has 4 nitrogen and oxygen atoms in total. The van der Waals surface area contributed by atoms with Crippen molar-refractivity contribution in [2.45, 2.75) is 0 Å². The van der Waals surface area contributed by atoms with Crippen molar-refractivity contribution in [3.8, 4) is 0 Å². The number of aromatic amines is 1. The van der Waals surface area contributed by atoms with E-state index in [0.717, 1.165) is 16.4 Å². The van der Waals surface area contributed by atoms with E-state index in [0.29, 0.717) is 5.39 Å². The SMILES string of the molecule is O=C(O)c1n[nH]c2ccc(C=CCBr)cc12. The Morgan fingerprint density at radius 2 is 2.38 bits per heavy atom. The summed E-state index contributed by atoms with van der Waals surface area (Å²) in [5, 5.41) is 16.8. The molecule has 0 aliphatic heterocycles. The number of H-pyrrole nitrogens is 1. The number of carbonyl (C=O) groups is 1. The van der Waals surface area contributed by atoms with Gasteiger partial charge in [0.1, 0.15) is 0 Å². The summed E-state index contributed by atoms with van der Waals surface area (Å²) in [7, 11) is 0. The highest BCUT2D eigenvalue weighted by molar-refractivity contribution is 9.09. The molecule has 2 rings (SSSR count). The number of hydrogen-bond acceptors (Lipinski definition) is 2. The van der Waals surface area contributed by atoms with E-state index in [1.165, 1.54) is 0 Å². The third kappa shape index (κ3) is 1.99. The van der Waals surface area contributed by atoms with Gasteiger partial charge in [-0.25, -0.2) is 4.79 Å². The van der Waals surface area contributed by atoms with Crippen LogP contribution >= 0.6 is 15.9 Å². The first-order valence-electron chi connectivity index (χ1n) is 4.66. The quantitative estimate of drug-likeness (QED) is 0.850. The van der Waals surface area contributed by atoms with Crippen LogP contribution in [0.5, 0.6) is 0 Å². The van der Waals surface area contributed by atoms with Crippen molar-refractivity contribution in [3.05, 3.63) is 35.5 Å². The molecule has 0 bridgehead atoms. The van der Waals surface area contributed by atoms with Crippen molar-refractivity contribution < 1.29 is 9.90 Å². The number of nitrogens with one attached hydrogen (secondary N) is 1. The second-order valence-corrected chi connectivity index (χ2v) is 3.89. The Kier molecular flexibility index (Phi) is 3.05. The van der Waals surface area contributed by atoms with Crippen LogP contribution in [0, 0.1) is 0 Å². The Hall–Kier alpha value is -1.62. The Balaban J connectivity index is 2.54. The van der Waals surface area contributed by atoms with Gasteiger partial charge in [-0.1, -0.05) is 34.1 Å². The molecule has 0 amide bonds. The molecule has 0 aliphatic carbocycles. The minimum Gasteiger partial charge on any atom is -0.476 e. The summed E-state index contributed by atoms with van der Waals surface area (Å²) < 4.78 is 0. The second-order valence-electron chi connectivity index (χ2n) is 3.24. The molecule has 1 aromatic heterocycles. The van der Waals surface area contributed by atoms with Crippen molar-refractivity contribution in [2.24, 2.45) is 0 Å². The minimum absolute atomic E-state index is 0.0593. The number of aromatic carboxylic acids is 1. The molecule has 2 N–H and O–H groups in total. The van der Waals surface area contributed by atoms with Crippen molar-refractivity contribution >= 4 is 38.9 Å². The first-order valence-corrected chi connectivity index (χ1v) is 5.78. The van der Waals surface area contributed by atoms with E-state index in [9.17, 15) is 4.79 Å². The van der Waals surface area contributed by atoms with E-state index in [1.807, 2.05) is 24.3 Å². The monoisotopic (exact) mass is 280 g/mol. The maximum Gasteiger partial charge on any atom is 0.357 e. The Morgan fingerprint density at radius 1 is 1.56 bits per heavy atom. The number of carboxylic acid groups (broad SMARTS) is 1. The number of rotatable bonds is 3. The van der Waals surface area contributed by atoms with Crippen LogP contribution in [0.15, 0.2) is 24.3 Å². The summed E-state index contributed by atoms with van der Waals surface area (Å²) in [5.74, 6) is -1.02. The molecule has 0 aliphatic rings. The molecule has 0 spiro atoms. The number of nitrogens with zero attached hydrogens (tertiary/aromatic N) is 1. The number of fused-ring (bicyclic) bond motifs is 1. The van der Waals surface area contributed by atoms with Crippen LogP contribution < -0.4 is 0 Å². The molecule has 0 saturated heterocycles. The maximum absolute atomic E-state index is 10.9. The van der Waals surface area contributed by atoms with Gasteiger partial charge in [-0.2, -0.15) is 5.10 Å². The van der Waals surface area contributed by atoms with Gasteiger partial charge in [-0.3, -0.25) is 5.10 Å². The summed E-state index contributed by atoms with van der Waals surface area (Å²) in [6, 6.07) is 5.54. The Morgan fingerprint density at radius 3 is 3.06 bits per heavy atom. The van der Waals surface area contributed by atoms with Crippen LogP contribution in [-0.2, 0) is 0 Å². The molecule has 16 heavy (non-hydrogen) atoms. The molecular weight excluding hydrogens is 272 g/mol. The van der Waals surface area contributed by atoms with Gasteiger partial charge in [0.25, 0.3) is 0 Å². The lowest BCUT2D eigenvalue weighted by Crippen LogP contribution is -1.96. The minimum atomic E-state index is -1.02. The molecule has 5 heteroatoms. The van der Waals surface area contributed by atoms with E-state index < -0.39 is 5.97 Å². The molecule has 0 unspecified atom stereocenters. The zero-order valence-electron chi connectivity index (χ0n) is 8.27. The lowest BCUT2D eigenvalue weighted by Gasteiger charge is -1.94. The predicted octanol–water partition coefficient (Wildman–Crippen LogP) is 2.67. The Labute approximate surface area is 100 Å². The standard InChI is InChI=1S/C11H9BrN2O2/c12-5-1-2-7-3-4-9-8(6-7)10(11(15)16)14-13-9/h1-4,6H,5H2,(H,13,14)(H,15,16). The van der Waals surface area contributed by atoms with Crippen LogP contribution in [0.25, 0.3) is 17.0 Å². The average Bonchev–Trinajstić information content (AvgIpc) is 2.69. The predicted molar refractivity (Wildman–Crippen MR) is 65.9 cm³/mol. The maximum atomic E-state index is 10.9. The van der Waals surface area contributed by atoms with Crippen LogP contribution in [0.3, 0.4) is 0 Å². The van der Waals surface area contributed by atoms with Gasteiger partial charge in [0.05, 0.1) is 5.52 Å². The highest BCUT2D eigenvalue weighted by Gasteiger charge is 2.12. The molecular formula is C11H9BrN2O2. The zero-order valence-corrected chi connectivity index (χ0v) is 9.86. The number of allylic oxidation sites excluding steroid dienone is 1. The first-order chi connectivity index (χ1) is 7.72. The van der Waals surface area contributed by atoms with E-state index in [4.69, 9.17) is 5.11 Å². The summed E-state index contributed by atoms with van der Waals surface area (Å²) in [4.78, 5) is 10.9. The molecule has 1 aromatic carbocycles. The number of hydrogen-bond donors (Lipinski definition) is 2. The number of aromatic nitrogens is 2. The van der Waals surface area contributed by atoms with Crippen molar-refractivity contribution in [1.82, 2.24) is 10.2 Å². The Bertz CT molecular complexity index is 560. The zero-order chi connectivity index (χ0) is 11.5. The van der Waals surface area contributed by atoms with Crippen LogP contribution in [-0.4, -0.2) is 26.6 Å². The smallest absolute Gasteiger partial charge is 0.357 e. The fourth-order valence-corrected chi connectivity index (χ4v) is 1.67. The van der Waals surface area contributed by atoms with Crippen molar-refractivity contribution in [3.63, 3.8) is 0 Å². The molecule has 2 aromatic rings. The number of benzene rings is 1. The van der Waals surface area contributed by atoms with E-state index in [1.54, 1.807) is 6.07 Å². The fraction of sp³-hybridized carbons (Fsp3) is 0.0909. The topological polar surface area (TPSA) is 66.0 Å². The summed E-state index contributed by atoms with van der Waals surface area (Å²) in [6.07, 6.45) is 3.87. The molecule has 1 heterocycles. The number of carboxylic acids is 1. The van der Waals surface area contributed by atoms with Crippen LogP contribution in [0.4, 0.5) is 0 Å². The van der Waals surface area contributed by atoms with Gasteiger partial charge in [0, 0.05) is 10.7 Å². The average molecular weight is 281 g/mol. The fourth-order valence-electron chi connectivity index (χ4n) is 1.48. The second kappa shape index (κ2) is 4.49. The van der Waals surface area contributed by atoms with Crippen LogP contribution in [0.2, 0.25) is 0 Å². The lowest BCUT2D eigenvalue weighted by atomic mass is 10.1. The van der Waals surface area contributed by atoms with Gasteiger partial charge in [0.2, 0.25) is 0 Å². The number of halogens is 1. The third-order valence-corrected chi connectivity index (χ3v) is 2.56. The normalized spacial score (nSPS) is 11.3. The molecule has 0 radical (unpaired) electrons. The van der Waals surface area contributed by atoms with Gasteiger partial charge >= 0.3 is 5.97 Å². The molecule has 0 saturated carbocycles. The van der Waals surface area contributed by atoms with Crippen LogP contribution in [0.1, 0.15) is 16.1 Å².